The molecule has 0 aromatic heterocycles. The van der Waals surface area contributed by atoms with Gasteiger partial charge in [-0.3, -0.25) is 4.90 Å². The predicted molar refractivity (Wildman–Crippen MR) is 45.6 cm³/mol. The molecule has 2 heteroatoms. The van der Waals surface area contributed by atoms with E-state index in [1.165, 1.54) is 0 Å². The van der Waals surface area contributed by atoms with Crippen molar-refractivity contribution < 1.29 is 4.74 Å². The Bertz CT molecular complexity index is 196. The Balaban J connectivity index is 2.39. The maximum atomic E-state index is 5.39. The number of benzene rings is 1. The molecule has 0 aliphatic carbocycles. The van der Waals surface area contributed by atoms with Crippen LogP contribution in [0.5, 0.6) is 5.75 Å². The quantitative estimate of drug-likeness (QED) is 0.608. The molecule has 0 atom stereocenters. The van der Waals surface area contributed by atoms with Crippen LogP contribution in [0.25, 0.3) is 0 Å². The first-order valence-corrected chi connectivity index (χ1v) is 3.61. The van der Waals surface area contributed by atoms with Gasteiger partial charge in [0.25, 0.3) is 0 Å². The van der Waals surface area contributed by atoms with E-state index < -0.39 is 0 Å². The lowest BCUT2D eigenvalue weighted by Gasteiger charge is -2.10. The number of hydrogen-bond acceptors (Lipinski definition) is 2. The minimum absolute atomic E-state index is 0.629. The fraction of sp³-hybridized carbons (Fsp3) is 0.333. The van der Waals surface area contributed by atoms with E-state index in [0.29, 0.717) is 6.73 Å². The Labute approximate surface area is 67.4 Å². The second-order valence-electron chi connectivity index (χ2n) is 2.67. The highest BCUT2D eigenvalue weighted by molar-refractivity contribution is 5.20. The summed E-state index contributed by atoms with van der Waals surface area (Å²) in [7, 11) is 3.95. The molecule has 0 heterocycles. The van der Waals surface area contributed by atoms with Crippen LogP contribution in [0.15, 0.2) is 30.3 Å². The van der Waals surface area contributed by atoms with Crippen molar-refractivity contribution in [2.24, 2.45) is 0 Å². The molecule has 0 amide bonds. The van der Waals surface area contributed by atoms with E-state index in [4.69, 9.17) is 4.74 Å². The van der Waals surface area contributed by atoms with E-state index in [9.17, 15) is 0 Å². The van der Waals surface area contributed by atoms with Gasteiger partial charge in [-0.25, -0.2) is 0 Å². The van der Waals surface area contributed by atoms with Crippen LogP contribution in [0.4, 0.5) is 0 Å². The van der Waals surface area contributed by atoms with Gasteiger partial charge in [0.15, 0.2) is 0 Å². The highest BCUT2D eigenvalue weighted by atomic mass is 16.5. The molecule has 2 nitrogen and oxygen atoms in total. The Morgan fingerprint density at radius 1 is 1.18 bits per heavy atom. The van der Waals surface area contributed by atoms with E-state index in [1.807, 2.05) is 49.3 Å². The van der Waals surface area contributed by atoms with Crippen LogP contribution in [-0.2, 0) is 0 Å². The summed E-state index contributed by atoms with van der Waals surface area (Å²) in [5, 5.41) is 0. The Hall–Kier alpha value is -1.02. The van der Waals surface area contributed by atoms with E-state index in [2.05, 4.69) is 0 Å². The summed E-state index contributed by atoms with van der Waals surface area (Å²) in [6, 6.07) is 9.80. The number of rotatable bonds is 3. The van der Waals surface area contributed by atoms with Crippen LogP contribution in [0.3, 0.4) is 0 Å². The average molecular weight is 151 g/mol. The van der Waals surface area contributed by atoms with E-state index >= 15 is 0 Å². The molecule has 1 aromatic rings. The van der Waals surface area contributed by atoms with Crippen molar-refractivity contribution in [2.75, 3.05) is 20.8 Å². The fourth-order valence-electron chi connectivity index (χ4n) is 0.720. The predicted octanol–water partition coefficient (Wildman–Crippen LogP) is 1.58. The zero-order valence-electron chi connectivity index (χ0n) is 6.95. The molecular formula is C9H13NO. The maximum absolute atomic E-state index is 5.39. The van der Waals surface area contributed by atoms with Crippen molar-refractivity contribution in [3.8, 4) is 5.75 Å². The van der Waals surface area contributed by atoms with Crippen LogP contribution in [0.2, 0.25) is 0 Å². The Kier molecular flexibility index (Phi) is 2.93. The molecule has 0 aliphatic heterocycles. The summed E-state index contributed by atoms with van der Waals surface area (Å²) in [6.45, 7) is 0.629. The second kappa shape index (κ2) is 3.98. The molecule has 0 bridgehead atoms. The van der Waals surface area contributed by atoms with Gasteiger partial charge in [0, 0.05) is 0 Å². The first kappa shape index (κ1) is 8.08. The summed E-state index contributed by atoms with van der Waals surface area (Å²) < 4.78 is 5.39. The molecule has 0 saturated heterocycles. The zero-order valence-corrected chi connectivity index (χ0v) is 6.95. The van der Waals surface area contributed by atoms with Crippen molar-refractivity contribution in [1.29, 1.82) is 0 Å². The van der Waals surface area contributed by atoms with Gasteiger partial charge in [-0.2, -0.15) is 0 Å². The standard InChI is InChI=1S/C9H13NO/c1-10(2)8-11-9-6-4-3-5-7-9/h3-7H,8H2,1-2H3. The summed E-state index contributed by atoms with van der Waals surface area (Å²) in [6.07, 6.45) is 0. The fourth-order valence-corrected chi connectivity index (χ4v) is 0.720. The van der Waals surface area contributed by atoms with Crippen LogP contribution >= 0.6 is 0 Å². The van der Waals surface area contributed by atoms with Gasteiger partial charge in [0.05, 0.1) is 0 Å². The molecule has 0 N–H and O–H groups in total. The van der Waals surface area contributed by atoms with Crippen molar-refractivity contribution >= 4 is 0 Å². The summed E-state index contributed by atoms with van der Waals surface area (Å²) >= 11 is 0. The third kappa shape index (κ3) is 3.05. The first-order chi connectivity index (χ1) is 5.29. The highest BCUT2D eigenvalue weighted by Crippen LogP contribution is 2.07. The third-order valence-electron chi connectivity index (χ3n) is 1.23. The lowest BCUT2D eigenvalue weighted by Crippen LogP contribution is -2.18. The van der Waals surface area contributed by atoms with Crippen LogP contribution in [0.1, 0.15) is 0 Å². The van der Waals surface area contributed by atoms with Gasteiger partial charge in [0.2, 0.25) is 0 Å². The molecular weight excluding hydrogens is 138 g/mol. The van der Waals surface area contributed by atoms with Crippen LogP contribution < -0.4 is 4.74 Å². The molecule has 60 valence electrons. The highest BCUT2D eigenvalue weighted by Gasteiger charge is 1.90. The monoisotopic (exact) mass is 151 g/mol. The van der Waals surface area contributed by atoms with Gasteiger partial charge in [-0.1, -0.05) is 18.2 Å². The smallest absolute Gasteiger partial charge is 0.141 e. The van der Waals surface area contributed by atoms with Gasteiger partial charge in [-0.05, 0) is 26.2 Å². The summed E-state index contributed by atoms with van der Waals surface area (Å²) in [4.78, 5) is 1.98. The van der Waals surface area contributed by atoms with Crippen molar-refractivity contribution in [2.45, 2.75) is 0 Å². The molecule has 0 fully saturated rings. The average Bonchev–Trinajstić information content (AvgIpc) is 2.03. The lowest BCUT2D eigenvalue weighted by molar-refractivity contribution is 0.179. The molecule has 11 heavy (non-hydrogen) atoms. The van der Waals surface area contributed by atoms with E-state index in [0.717, 1.165) is 5.75 Å². The number of para-hydroxylation sites is 1. The molecule has 1 rings (SSSR count). The van der Waals surface area contributed by atoms with Gasteiger partial charge < -0.3 is 4.74 Å². The largest absolute Gasteiger partial charge is 0.478 e. The normalized spacial score (nSPS) is 10.1. The number of ether oxygens (including phenoxy) is 1. The van der Waals surface area contributed by atoms with Gasteiger partial charge >= 0.3 is 0 Å². The number of nitrogens with zero attached hydrogens (tertiary/aromatic N) is 1. The van der Waals surface area contributed by atoms with Gasteiger partial charge in [-0.15, -0.1) is 0 Å². The topological polar surface area (TPSA) is 12.5 Å². The SMILES string of the molecule is CN(C)COc1ccccc1. The Morgan fingerprint density at radius 3 is 2.36 bits per heavy atom. The van der Waals surface area contributed by atoms with Crippen LogP contribution in [0, 0.1) is 0 Å². The van der Waals surface area contributed by atoms with Crippen molar-refractivity contribution in [3.63, 3.8) is 0 Å². The zero-order chi connectivity index (χ0) is 8.10. The molecule has 0 saturated carbocycles. The van der Waals surface area contributed by atoms with Crippen LogP contribution in [-0.4, -0.2) is 25.7 Å². The minimum atomic E-state index is 0.629. The number of hydrogen-bond donors (Lipinski definition) is 0. The molecule has 0 spiro atoms. The second-order valence-corrected chi connectivity index (χ2v) is 2.67. The summed E-state index contributed by atoms with van der Waals surface area (Å²) in [5.41, 5.74) is 0. The molecule has 1 aromatic carbocycles. The van der Waals surface area contributed by atoms with E-state index in [1.54, 1.807) is 0 Å². The van der Waals surface area contributed by atoms with E-state index in [-0.39, 0.29) is 0 Å². The Morgan fingerprint density at radius 2 is 1.82 bits per heavy atom. The molecule has 0 unspecified atom stereocenters. The summed E-state index contributed by atoms with van der Waals surface area (Å²) in [5.74, 6) is 0.918. The maximum Gasteiger partial charge on any atom is 0.141 e. The van der Waals surface area contributed by atoms with Crippen molar-refractivity contribution in [1.82, 2.24) is 4.90 Å². The van der Waals surface area contributed by atoms with Crippen molar-refractivity contribution in [3.05, 3.63) is 30.3 Å². The van der Waals surface area contributed by atoms with Gasteiger partial charge in [0.1, 0.15) is 12.5 Å². The minimum Gasteiger partial charge on any atom is -0.478 e. The third-order valence-corrected chi connectivity index (χ3v) is 1.23. The lowest BCUT2D eigenvalue weighted by atomic mass is 10.3. The molecule has 0 radical (unpaired) electrons. The first-order valence-electron chi connectivity index (χ1n) is 3.61. The molecule has 0 aliphatic rings.